The standard InChI is InChI=1S/C14H17N7O2/c1-18-4-6-19(7-5-18)13-3-2-12(8-14(13)21(22)23)9-17-20-10-15-16-11-20/h2-3,8-11H,4-7H2,1H3/p+1/b17-9-. The summed E-state index contributed by atoms with van der Waals surface area (Å²) in [6.45, 7) is 3.60. The number of hydrogen-bond acceptors (Lipinski definition) is 6. The number of nitro benzene ring substituents is 1. The number of nitrogens with one attached hydrogen (secondary N) is 1. The van der Waals surface area contributed by atoms with Crippen LogP contribution in [0.1, 0.15) is 5.56 Å². The van der Waals surface area contributed by atoms with Crippen LogP contribution in [0.25, 0.3) is 0 Å². The lowest BCUT2D eigenvalue weighted by atomic mass is 10.1. The van der Waals surface area contributed by atoms with Crippen LogP contribution in [-0.4, -0.2) is 59.2 Å². The summed E-state index contributed by atoms with van der Waals surface area (Å²) in [5.41, 5.74) is 1.44. The van der Waals surface area contributed by atoms with Gasteiger partial charge in [-0.15, -0.1) is 10.2 Å². The maximum absolute atomic E-state index is 11.4. The second kappa shape index (κ2) is 6.53. The lowest BCUT2D eigenvalue weighted by Crippen LogP contribution is -3.12. The Bertz CT molecular complexity index is 706. The molecule has 2 heterocycles. The van der Waals surface area contributed by atoms with E-state index in [1.54, 1.807) is 18.3 Å². The van der Waals surface area contributed by atoms with E-state index in [0.717, 1.165) is 26.2 Å². The van der Waals surface area contributed by atoms with Crippen LogP contribution >= 0.6 is 0 Å². The number of likely N-dealkylation sites (N-methyl/N-ethyl adjacent to an activating group) is 1. The summed E-state index contributed by atoms with van der Waals surface area (Å²) < 4.78 is 1.43. The predicted octanol–water partition coefficient (Wildman–Crippen LogP) is -0.597. The molecule has 1 aliphatic rings. The van der Waals surface area contributed by atoms with Gasteiger partial charge in [0.1, 0.15) is 18.3 Å². The molecule has 0 saturated carbocycles. The van der Waals surface area contributed by atoms with Gasteiger partial charge in [-0.3, -0.25) is 10.1 Å². The first-order valence-electron chi connectivity index (χ1n) is 7.37. The number of hydrogen-bond donors (Lipinski definition) is 1. The molecule has 0 bridgehead atoms. The zero-order valence-electron chi connectivity index (χ0n) is 12.8. The van der Waals surface area contributed by atoms with Crippen molar-refractivity contribution in [1.29, 1.82) is 0 Å². The molecular formula is C14H18N7O2+. The molecule has 0 amide bonds. The van der Waals surface area contributed by atoms with Crippen LogP contribution in [0.15, 0.2) is 36.0 Å². The third-order valence-corrected chi connectivity index (χ3v) is 3.90. The molecule has 2 aromatic rings. The molecule has 9 heteroatoms. The number of quaternary nitrogens is 1. The third-order valence-electron chi connectivity index (χ3n) is 3.90. The Hall–Kier alpha value is -2.81. The van der Waals surface area contributed by atoms with Gasteiger partial charge in [-0.05, 0) is 6.07 Å². The molecule has 1 N–H and O–H groups in total. The third kappa shape index (κ3) is 3.51. The largest absolute Gasteiger partial charge is 0.355 e. The Morgan fingerprint density at radius 1 is 1.30 bits per heavy atom. The number of aromatic nitrogens is 3. The zero-order chi connectivity index (χ0) is 16.2. The Balaban J connectivity index is 1.85. The van der Waals surface area contributed by atoms with E-state index >= 15 is 0 Å². The normalized spacial score (nSPS) is 16.1. The fourth-order valence-corrected chi connectivity index (χ4v) is 2.55. The van der Waals surface area contributed by atoms with Gasteiger partial charge in [0.05, 0.1) is 44.4 Å². The molecule has 3 rings (SSSR count). The van der Waals surface area contributed by atoms with Gasteiger partial charge in [0.25, 0.3) is 5.69 Å². The summed E-state index contributed by atoms with van der Waals surface area (Å²) in [7, 11) is 2.14. The SMILES string of the molecule is C[NH+]1CCN(c2ccc(/C=N\n3cnnc3)cc2[N+](=O)[O-])CC1. The van der Waals surface area contributed by atoms with Gasteiger partial charge in [0, 0.05) is 11.6 Å². The minimum Gasteiger partial charge on any atom is -0.355 e. The molecule has 120 valence electrons. The van der Waals surface area contributed by atoms with E-state index < -0.39 is 0 Å². The molecule has 0 radical (unpaired) electrons. The van der Waals surface area contributed by atoms with Crippen molar-refractivity contribution in [1.82, 2.24) is 14.9 Å². The summed E-state index contributed by atoms with van der Waals surface area (Å²) in [5, 5.41) is 22.8. The zero-order valence-corrected chi connectivity index (χ0v) is 12.8. The van der Waals surface area contributed by atoms with E-state index in [2.05, 4.69) is 27.2 Å². The van der Waals surface area contributed by atoms with E-state index in [1.807, 2.05) is 6.07 Å². The first-order chi connectivity index (χ1) is 11.1. The van der Waals surface area contributed by atoms with Crippen LogP contribution in [-0.2, 0) is 0 Å². The first kappa shape index (κ1) is 15.1. The van der Waals surface area contributed by atoms with E-state index in [1.165, 1.54) is 22.2 Å². The van der Waals surface area contributed by atoms with E-state index in [0.29, 0.717) is 11.3 Å². The molecule has 23 heavy (non-hydrogen) atoms. The Morgan fingerprint density at radius 2 is 2.00 bits per heavy atom. The van der Waals surface area contributed by atoms with Gasteiger partial charge in [0.15, 0.2) is 0 Å². The maximum Gasteiger partial charge on any atom is 0.293 e. The Morgan fingerprint density at radius 3 is 2.65 bits per heavy atom. The smallest absolute Gasteiger partial charge is 0.293 e. The molecule has 1 aliphatic heterocycles. The van der Waals surface area contributed by atoms with Crippen molar-refractivity contribution < 1.29 is 9.82 Å². The van der Waals surface area contributed by atoms with E-state index in [9.17, 15) is 10.1 Å². The summed E-state index contributed by atoms with van der Waals surface area (Å²) in [6, 6.07) is 5.18. The molecule has 1 saturated heterocycles. The number of piperazine rings is 1. The average Bonchev–Trinajstić information content (AvgIpc) is 3.07. The maximum atomic E-state index is 11.4. The Labute approximate surface area is 133 Å². The second-order valence-corrected chi connectivity index (χ2v) is 5.54. The highest BCUT2D eigenvalue weighted by Crippen LogP contribution is 2.28. The summed E-state index contributed by atoms with van der Waals surface area (Å²) in [6.07, 6.45) is 4.45. The van der Waals surface area contributed by atoms with Crippen LogP contribution in [0.2, 0.25) is 0 Å². The molecule has 1 fully saturated rings. The fraction of sp³-hybridized carbons (Fsp3) is 0.357. The van der Waals surface area contributed by atoms with Crippen molar-refractivity contribution in [2.45, 2.75) is 0 Å². The highest BCUT2D eigenvalue weighted by molar-refractivity contribution is 5.83. The quantitative estimate of drug-likeness (QED) is 0.462. The lowest BCUT2D eigenvalue weighted by molar-refractivity contribution is -0.880. The van der Waals surface area contributed by atoms with Crippen LogP contribution < -0.4 is 9.80 Å². The minimum absolute atomic E-state index is 0.109. The first-order valence-corrected chi connectivity index (χ1v) is 7.37. The van der Waals surface area contributed by atoms with Crippen molar-refractivity contribution in [3.05, 3.63) is 46.5 Å². The fourth-order valence-electron chi connectivity index (χ4n) is 2.55. The van der Waals surface area contributed by atoms with Gasteiger partial charge in [-0.2, -0.15) is 5.10 Å². The number of benzene rings is 1. The number of nitrogens with zero attached hydrogens (tertiary/aromatic N) is 6. The van der Waals surface area contributed by atoms with E-state index in [4.69, 9.17) is 0 Å². The van der Waals surface area contributed by atoms with Gasteiger partial charge >= 0.3 is 0 Å². The van der Waals surface area contributed by atoms with Crippen LogP contribution in [0.5, 0.6) is 0 Å². The predicted molar refractivity (Wildman–Crippen MR) is 84.9 cm³/mol. The van der Waals surface area contributed by atoms with Crippen molar-refractivity contribution in [3.63, 3.8) is 0 Å². The monoisotopic (exact) mass is 316 g/mol. The molecule has 9 nitrogen and oxygen atoms in total. The van der Waals surface area contributed by atoms with Crippen LogP contribution in [0.4, 0.5) is 11.4 Å². The van der Waals surface area contributed by atoms with Gasteiger partial charge in [0.2, 0.25) is 0 Å². The summed E-state index contributed by atoms with van der Waals surface area (Å²) in [5.74, 6) is 0. The van der Waals surface area contributed by atoms with Gasteiger partial charge in [-0.25, -0.2) is 4.68 Å². The van der Waals surface area contributed by atoms with Gasteiger partial charge < -0.3 is 9.80 Å². The van der Waals surface area contributed by atoms with Crippen molar-refractivity contribution in [2.24, 2.45) is 5.10 Å². The Kier molecular flexibility index (Phi) is 4.29. The highest BCUT2D eigenvalue weighted by atomic mass is 16.6. The van der Waals surface area contributed by atoms with Gasteiger partial charge in [-0.1, -0.05) is 6.07 Å². The number of nitro groups is 1. The van der Waals surface area contributed by atoms with E-state index in [-0.39, 0.29) is 10.6 Å². The van der Waals surface area contributed by atoms with Crippen LogP contribution in [0.3, 0.4) is 0 Å². The van der Waals surface area contributed by atoms with Crippen molar-refractivity contribution in [2.75, 3.05) is 38.1 Å². The molecule has 0 unspecified atom stereocenters. The molecular weight excluding hydrogens is 298 g/mol. The van der Waals surface area contributed by atoms with Crippen molar-refractivity contribution in [3.8, 4) is 0 Å². The second-order valence-electron chi connectivity index (χ2n) is 5.54. The molecule has 1 aromatic carbocycles. The highest BCUT2D eigenvalue weighted by Gasteiger charge is 2.24. The van der Waals surface area contributed by atoms with Crippen LogP contribution in [0, 0.1) is 10.1 Å². The number of anilines is 1. The molecule has 0 aliphatic carbocycles. The topological polar surface area (TPSA) is 93.9 Å². The number of rotatable bonds is 4. The molecule has 1 aromatic heterocycles. The minimum atomic E-state index is -0.337. The summed E-state index contributed by atoms with van der Waals surface area (Å²) >= 11 is 0. The lowest BCUT2D eigenvalue weighted by Gasteiger charge is -2.31. The average molecular weight is 316 g/mol. The summed E-state index contributed by atoms with van der Waals surface area (Å²) in [4.78, 5) is 14.6. The molecule has 0 atom stereocenters. The van der Waals surface area contributed by atoms with Crippen molar-refractivity contribution >= 4 is 17.6 Å². The molecule has 0 spiro atoms.